The standard InChI is InChI=1S/C17H17NO2/c1-12-10-15(11-13(2)17(12)20)18-16(19)9-8-14-6-4-3-5-7-14/h3-11,20H,1-2H3,(H,18,19)/b9-8+. The summed E-state index contributed by atoms with van der Waals surface area (Å²) in [5, 5.41) is 12.5. The Morgan fingerprint density at radius 1 is 1.10 bits per heavy atom. The summed E-state index contributed by atoms with van der Waals surface area (Å²) >= 11 is 0. The first-order chi connectivity index (χ1) is 9.56. The van der Waals surface area contributed by atoms with Crippen molar-refractivity contribution in [2.24, 2.45) is 0 Å². The Hall–Kier alpha value is -2.55. The topological polar surface area (TPSA) is 49.3 Å². The minimum atomic E-state index is -0.196. The van der Waals surface area contributed by atoms with Gasteiger partial charge in [-0.1, -0.05) is 30.3 Å². The number of aromatic hydroxyl groups is 1. The number of nitrogens with one attached hydrogen (secondary N) is 1. The van der Waals surface area contributed by atoms with Crippen LogP contribution < -0.4 is 5.32 Å². The normalized spacial score (nSPS) is 10.7. The van der Waals surface area contributed by atoms with E-state index in [0.717, 1.165) is 16.7 Å². The molecule has 1 amide bonds. The van der Waals surface area contributed by atoms with Crippen LogP contribution in [0.1, 0.15) is 16.7 Å². The van der Waals surface area contributed by atoms with E-state index in [1.165, 1.54) is 6.08 Å². The van der Waals surface area contributed by atoms with Crippen molar-refractivity contribution in [1.82, 2.24) is 0 Å². The summed E-state index contributed by atoms with van der Waals surface area (Å²) in [7, 11) is 0. The quantitative estimate of drug-likeness (QED) is 0.658. The number of anilines is 1. The lowest BCUT2D eigenvalue weighted by Crippen LogP contribution is -2.08. The van der Waals surface area contributed by atoms with E-state index in [1.54, 1.807) is 32.1 Å². The molecule has 0 bridgehead atoms. The van der Waals surface area contributed by atoms with Crippen molar-refractivity contribution in [3.8, 4) is 5.75 Å². The number of carbonyl (C=O) groups excluding carboxylic acids is 1. The van der Waals surface area contributed by atoms with Crippen molar-refractivity contribution in [3.05, 3.63) is 65.2 Å². The molecule has 2 N–H and O–H groups in total. The van der Waals surface area contributed by atoms with E-state index in [9.17, 15) is 9.90 Å². The Kier molecular flexibility index (Phi) is 4.20. The zero-order chi connectivity index (χ0) is 14.5. The minimum absolute atomic E-state index is 0.196. The first-order valence-electron chi connectivity index (χ1n) is 6.40. The average molecular weight is 267 g/mol. The van der Waals surface area contributed by atoms with Crippen LogP contribution in [0, 0.1) is 13.8 Å². The Labute approximate surface area is 118 Å². The summed E-state index contributed by atoms with van der Waals surface area (Å²) < 4.78 is 0. The lowest BCUT2D eigenvalue weighted by atomic mass is 10.1. The highest BCUT2D eigenvalue weighted by Crippen LogP contribution is 2.25. The molecule has 0 fully saturated rings. The van der Waals surface area contributed by atoms with E-state index < -0.39 is 0 Å². The molecule has 0 aliphatic carbocycles. The molecule has 20 heavy (non-hydrogen) atoms. The Bertz CT molecular complexity index is 622. The third-order valence-electron chi connectivity index (χ3n) is 2.99. The largest absolute Gasteiger partial charge is 0.507 e. The van der Waals surface area contributed by atoms with Gasteiger partial charge < -0.3 is 10.4 Å². The maximum atomic E-state index is 11.8. The maximum Gasteiger partial charge on any atom is 0.248 e. The van der Waals surface area contributed by atoms with Gasteiger partial charge in [0.15, 0.2) is 0 Å². The molecule has 3 heteroatoms. The molecule has 2 rings (SSSR count). The van der Waals surface area contributed by atoms with Crippen LogP contribution in [0.25, 0.3) is 6.08 Å². The Balaban J connectivity index is 2.07. The number of carbonyl (C=O) groups is 1. The van der Waals surface area contributed by atoms with Crippen LogP contribution >= 0.6 is 0 Å². The number of rotatable bonds is 3. The number of phenolic OH excluding ortho intramolecular Hbond substituents is 1. The van der Waals surface area contributed by atoms with Crippen molar-refractivity contribution in [3.63, 3.8) is 0 Å². The lowest BCUT2D eigenvalue weighted by molar-refractivity contribution is -0.111. The fraction of sp³-hybridized carbons (Fsp3) is 0.118. The molecule has 2 aromatic rings. The molecule has 0 radical (unpaired) electrons. The first kappa shape index (κ1) is 13.9. The van der Waals surface area contributed by atoms with Crippen molar-refractivity contribution < 1.29 is 9.90 Å². The summed E-state index contributed by atoms with van der Waals surface area (Å²) in [6.45, 7) is 3.61. The van der Waals surface area contributed by atoms with Crippen LogP contribution in [0.15, 0.2) is 48.5 Å². The molecule has 0 saturated carbocycles. The Morgan fingerprint density at radius 3 is 2.30 bits per heavy atom. The predicted molar refractivity (Wildman–Crippen MR) is 81.7 cm³/mol. The van der Waals surface area contributed by atoms with Crippen LogP contribution in [0.3, 0.4) is 0 Å². The lowest BCUT2D eigenvalue weighted by Gasteiger charge is -2.08. The molecule has 102 valence electrons. The first-order valence-corrected chi connectivity index (χ1v) is 6.40. The summed E-state index contributed by atoms with van der Waals surface area (Å²) in [5.74, 6) is 0.0705. The van der Waals surface area contributed by atoms with Crippen LogP contribution in [0.2, 0.25) is 0 Å². The molecule has 0 atom stereocenters. The maximum absolute atomic E-state index is 11.8. The van der Waals surface area contributed by atoms with Crippen molar-refractivity contribution in [2.75, 3.05) is 5.32 Å². The smallest absolute Gasteiger partial charge is 0.248 e. The van der Waals surface area contributed by atoms with Gasteiger partial charge in [-0.2, -0.15) is 0 Å². The number of phenols is 1. The van der Waals surface area contributed by atoms with Gasteiger partial charge in [-0.3, -0.25) is 4.79 Å². The molecule has 0 spiro atoms. The van der Waals surface area contributed by atoms with E-state index in [2.05, 4.69) is 5.32 Å². The van der Waals surface area contributed by atoms with E-state index in [4.69, 9.17) is 0 Å². The summed E-state index contributed by atoms with van der Waals surface area (Å²) in [6.07, 6.45) is 3.25. The molecule has 0 heterocycles. The van der Waals surface area contributed by atoms with Gasteiger partial charge in [-0.15, -0.1) is 0 Å². The van der Waals surface area contributed by atoms with Crippen molar-refractivity contribution in [1.29, 1.82) is 0 Å². The van der Waals surface area contributed by atoms with Crippen LogP contribution in [-0.4, -0.2) is 11.0 Å². The third-order valence-corrected chi connectivity index (χ3v) is 2.99. The van der Waals surface area contributed by atoms with E-state index in [-0.39, 0.29) is 11.7 Å². The summed E-state index contributed by atoms with van der Waals surface area (Å²) in [4.78, 5) is 11.8. The fourth-order valence-electron chi connectivity index (χ4n) is 1.95. The number of benzene rings is 2. The number of hydrogen-bond donors (Lipinski definition) is 2. The van der Waals surface area contributed by atoms with Gasteiger partial charge in [-0.05, 0) is 48.7 Å². The molecule has 0 aromatic heterocycles. The van der Waals surface area contributed by atoms with E-state index >= 15 is 0 Å². The highest BCUT2D eigenvalue weighted by Gasteiger charge is 2.04. The summed E-state index contributed by atoms with van der Waals surface area (Å²) in [6, 6.07) is 13.1. The molecular formula is C17H17NO2. The summed E-state index contributed by atoms with van der Waals surface area (Å²) in [5.41, 5.74) is 3.14. The van der Waals surface area contributed by atoms with E-state index in [1.807, 2.05) is 30.3 Å². The number of hydrogen-bond acceptors (Lipinski definition) is 2. The predicted octanol–water partition coefficient (Wildman–Crippen LogP) is 3.66. The van der Waals surface area contributed by atoms with Crippen LogP contribution in [0.5, 0.6) is 5.75 Å². The second kappa shape index (κ2) is 6.06. The number of amides is 1. The van der Waals surface area contributed by atoms with E-state index in [0.29, 0.717) is 5.69 Å². The SMILES string of the molecule is Cc1cc(NC(=O)/C=C/c2ccccc2)cc(C)c1O. The van der Waals surface area contributed by atoms with Crippen LogP contribution in [0.4, 0.5) is 5.69 Å². The van der Waals surface area contributed by atoms with Gasteiger partial charge in [0.1, 0.15) is 5.75 Å². The average Bonchev–Trinajstić information content (AvgIpc) is 2.43. The molecule has 0 unspecified atom stereocenters. The second-order valence-electron chi connectivity index (χ2n) is 4.69. The third kappa shape index (κ3) is 3.48. The zero-order valence-corrected chi connectivity index (χ0v) is 11.6. The van der Waals surface area contributed by atoms with Crippen molar-refractivity contribution >= 4 is 17.7 Å². The second-order valence-corrected chi connectivity index (χ2v) is 4.69. The highest BCUT2D eigenvalue weighted by atomic mass is 16.3. The van der Waals surface area contributed by atoms with Gasteiger partial charge in [0, 0.05) is 11.8 Å². The van der Waals surface area contributed by atoms with Crippen molar-refractivity contribution in [2.45, 2.75) is 13.8 Å². The fourth-order valence-corrected chi connectivity index (χ4v) is 1.95. The molecule has 3 nitrogen and oxygen atoms in total. The molecule has 0 aliphatic heterocycles. The highest BCUT2D eigenvalue weighted by molar-refractivity contribution is 6.02. The van der Waals surface area contributed by atoms with Gasteiger partial charge in [0.25, 0.3) is 0 Å². The monoisotopic (exact) mass is 267 g/mol. The van der Waals surface area contributed by atoms with Gasteiger partial charge in [0.05, 0.1) is 0 Å². The number of aryl methyl sites for hydroxylation is 2. The van der Waals surface area contributed by atoms with Crippen LogP contribution in [-0.2, 0) is 4.79 Å². The minimum Gasteiger partial charge on any atom is -0.507 e. The molecule has 2 aromatic carbocycles. The van der Waals surface area contributed by atoms with Gasteiger partial charge in [0.2, 0.25) is 5.91 Å². The van der Waals surface area contributed by atoms with Gasteiger partial charge in [-0.25, -0.2) is 0 Å². The molecule has 0 aliphatic rings. The zero-order valence-electron chi connectivity index (χ0n) is 11.6. The molecular weight excluding hydrogens is 250 g/mol. The molecule has 0 saturated heterocycles. The van der Waals surface area contributed by atoms with Gasteiger partial charge >= 0.3 is 0 Å². The Morgan fingerprint density at radius 2 is 1.70 bits per heavy atom.